The quantitative estimate of drug-likeness (QED) is 0.545. The Morgan fingerprint density at radius 2 is 2.18 bits per heavy atom. The lowest BCUT2D eigenvalue weighted by Crippen LogP contribution is -2.07. The first kappa shape index (κ1) is 7.93. The van der Waals surface area contributed by atoms with E-state index in [9.17, 15) is 0 Å². The Kier molecular flexibility index (Phi) is 2.79. The maximum absolute atomic E-state index is 5.42. The van der Waals surface area contributed by atoms with Crippen LogP contribution in [0.15, 0.2) is 0 Å². The second kappa shape index (κ2) is 3.87. The predicted molar refractivity (Wildman–Crippen MR) is 40.5 cm³/mol. The fourth-order valence-corrected chi connectivity index (χ4v) is 0.777. The molecule has 0 aromatic carbocycles. The molecular weight excluding hydrogens is 144 g/mol. The van der Waals surface area contributed by atoms with Gasteiger partial charge in [-0.05, 0) is 29.8 Å². The monoisotopic (exact) mass is 156 g/mol. The van der Waals surface area contributed by atoms with Crippen LogP contribution in [-0.4, -0.2) is 26.8 Å². The second-order valence-electron chi connectivity index (χ2n) is 2.26. The number of rotatable bonds is 4. The maximum atomic E-state index is 5.42. The number of aryl methyl sites for hydroxylation is 1. The van der Waals surface area contributed by atoms with Crippen LogP contribution in [0.1, 0.15) is 12.8 Å². The SMILES string of the molecule is NCCCCn1nnnc1N. The molecule has 0 atom stereocenters. The molecule has 0 bridgehead atoms. The lowest BCUT2D eigenvalue weighted by molar-refractivity contribution is 0.550. The Bertz CT molecular complexity index is 206. The molecule has 0 unspecified atom stereocenters. The van der Waals surface area contributed by atoms with Crippen molar-refractivity contribution < 1.29 is 0 Å². The first-order valence-corrected chi connectivity index (χ1v) is 3.56. The fourth-order valence-electron chi connectivity index (χ4n) is 0.777. The van der Waals surface area contributed by atoms with Gasteiger partial charge in [0.05, 0.1) is 0 Å². The molecule has 1 heterocycles. The van der Waals surface area contributed by atoms with E-state index >= 15 is 0 Å². The van der Waals surface area contributed by atoms with Crippen molar-refractivity contribution in [2.24, 2.45) is 5.73 Å². The van der Waals surface area contributed by atoms with E-state index in [-0.39, 0.29) is 0 Å². The zero-order chi connectivity index (χ0) is 8.10. The van der Waals surface area contributed by atoms with Crippen LogP contribution in [0.25, 0.3) is 0 Å². The van der Waals surface area contributed by atoms with Crippen molar-refractivity contribution in [1.82, 2.24) is 20.2 Å². The number of hydrogen-bond donors (Lipinski definition) is 2. The summed E-state index contributed by atoms with van der Waals surface area (Å²) in [5, 5.41) is 10.6. The molecule has 1 aromatic rings. The first-order chi connectivity index (χ1) is 5.34. The van der Waals surface area contributed by atoms with E-state index in [2.05, 4.69) is 15.5 Å². The van der Waals surface area contributed by atoms with Gasteiger partial charge in [-0.15, -0.1) is 0 Å². The fraction of sp³-hybridized carbons (Fsp3) is 0.800. The summed E-state index contributed by atoms with van der Waals surface area (Å²) in [5.41, 5.74) is 10.7. The van der Waals surface area contributed by atoms with Gasteiger partial charge < -0.3 is 11.5 Å². The molecule has 0 spiro atoms. The zero-order valence-corrected chi connectivity index (χ0v) is 6.27. The van der Waals surface area contributed by atoms with E-state index in [1.165, 1.54) is 0 Å². The number of unbranched alkanes of at least 4 members (excludes halogenated alkanes) is 1. The van der Waals surface area contributed by atoms with Crippen molar-refractivity contribution in [3.8, 4) is 0 Å². The average molecular weight is 156 g/mol. The van der Waals surface area contributed by atoms with Gasteiger partial charge in [0, 0.05) is 6.54 Å². The molecule has 0 aliphatic heterocycles. The summed E-state index contributed by atoms with van der Waals surface area (Å²) in [4.78, 5) is 0. The molecule has 0 saturated carbocycles. The van der Waals surface area contributed by atoms with E-state index in [0.717, 1.165) is 19.4 Å². The van der Waals surface area contributed by atoms with Crippen molar-refractivity contribution in [2.45, 2.75) is 19.4 Å². The van der Waals surface area contributed by atoms with Gasteiger partial charge in [0.1, 0.15) is 0 Å². The Morgan fingerprint density at radius 1 is 1.36 bits per heavy atom. The summed E-state index contributed by atoms with van der Waals surface area (Å²) in [7, 11) is 0. The minimum absolute atomic E-state index is 0.363. The Hall–Kier alpha value is -1.17. The summed E-state index contributed by atoms with van der Waals surface area (Å²) in [5.74, 6) is 0.363. The first-order valence-electron chi connectivity index (χ1n) is 3.56. The van der Waals surface area contributed by atoms with E-state index in [1.54, 1.807) is 4.68 Å². The standard InChI is InChI=1S/C5H12N6/c6-3-1-2-4-11-5(7)8-9-10-11/h1-4,6H2,(H2,7,8,10). The number of nitrogens with zero attached hydrogens (tertiary/aromatic N) is 4. The van der Waals surface area contributed by atoms with Gasteiger partial charge in [-0.1, -0.05) is 5.10 Å². The minimum Gasteiger partial charge on any atom is -0.367 e. The molecule has 4 N–H and O–H groups in total. The molecule has 6 heteroatoms. The molecule has 6 nitrogen and oxygen atoms in total. The van der Waals surface area contributed by atoms with Crippen LogP contribution in [-0.2, 0) is 6.54 Å². The largest absolute Gasteiger partial charge is 0.367 e. The molecule has 11 heavy (non-hydrogen) atoms. The van der Waals surface area contributed by atoms with E-state index < -0.39 is 0 Å². The Balaban J connectivity index is 2.32. The molecule has 0 amide bonds. The van der Waals surface area contributed by atoms with Gasteiger partial charge >= 0.3 is 0 Å². The third-order valence-corrected chi connectivity index (χ3v) is 1.38. The van der Waals surface area contributed by atoms with Crippen molar-refractivity contribution in [1.29, 1.82) is 0 Å². The van der Waals surface area contributed by atoms with Gasteiger partial charge in [-0.25, -0.2) is 4.68 Å². The van der Waals surface area contributed by atoms with E-state index in [0.29, 0.717) is 12.5 Å². The third-order valence-electron chi connectivity index (χ3n) is 1.38. The number of aromatic nitrogens is 4. The Labute approximate surface area is 64.6 Å². The molecule has 0 radical (unpaired) electrons. The highest BCUT2D eigenvalue weighted by atomic mass is 15.6. The lowest BCUT2D eigenvalue weighted by atomic mass is 10.3. The van der Waals surface area contributed by atoms with Crippen LogP contribution in [0, 0.1) is 0 Å². The molecule has 1 rings (SSSR count). The smallest absolute Gasteiger partial charge is 0.240 e. The number of nitrogen functional groups attached to an aromatic ring is 1. The molecule has 62 valence electrons. The summed E-state index contributed by atoms with van der Waals surface area (Å²) in [6, 6.07) is 0. The highest BCUT2D eigenvalue weighted by Crippen LogP contribution is 1.95. The van der Waals surface area contributed by atoms with Crippen molar-refractivity contribution in [3.63, 3.8) is 0 Å². The van der Waals surface area contributed by atoms with Gasteiger partial charge in [0.2, 0.25) is 5.95 Å². The highest BCUT2D eigenvalue weighted by molar-refractivity contribution is 5.09. The molecular formula is C5H12N6. The van der Waals surface area contributed by atoms with Crippen LogP contribution in [0.5, 0.6) is 0 Å². The highest BCUT2D eigenvalue weighted by Gasteiger charge is 1.98. The summed E-state index contributed by atoms with van der Waals surface area (Å²) >= 11 is 0. The summed E-state index contributed by atoms with van der Waals surface area (Å²) in [6.45, 7) is 1.44. The van der Waals surface area contributed by atoms with E-state index in [4.69, 9.17) is 11.5 Å². The Morgan fingerprint density at radius 3 is 2.73 bits per heavy atom. The maximum Gasteiger partial charge on any atom is 0.240 e. The van der Waals surface area contributed by atoms with Crippen LogP contribution >= 0.6 is 0 Å². The van der Waals surface area contributed by atoms with Crippen LogP contribution in [0.4, 0.5) is 5.95 Å². The number of anilines is 1. The van der Waals surface area contributed by atoms with Crippen molar-refractivity contribution >= 4 is 5.95 Å². The predicted octanol–water partition coefficient (Wildman–Crippen LogP) is -1.01. The summed E-state index contributed by atoms with van der Waals surface area (Å²) < 4.78 is 1.57. The topological polar surface area (TPSA) is 95.6 Å². The average Bonchev–Trinajstić information content (AvgIpc) is 2.37. The third kappa shape index (κ3) is 2.15. The molecule has 0 aliphatic rings. The molecule has 0 fully saturated rings. The van der Waals surface area contributed by atoms with Crippen LogP contribution in [0.2, 0.25) is 0 Å². The number of nitrogens with two attached hydrogens (primary N) is 2. The second-order valence-corrected chi connectivity index (χ2v) is 2.26. The van der Waals surface area contributed by atoms with E-state index in [1.807, 2.05) is 0 Å². The normalized spacial score (nSPS) is 10.3. The van der Waals surface area contributed by atoms with Crippen LogP contribution in [0.3, 0.4) is 0 Å². The minimum atomic E-state index is 0.363. The number of hydrogen-bond acceptors (Lipinski definition) is 5. The van der Waals surface area contributed by atoms with Crippen molar-refractivity contribution in [2.75, 3.05) is 12.3 Å². The van der Waals surface area contributed by atoms with Gasteiger partial charge in [0.15, 0.2) is 0 Å². The number of tetrazole rings is 1. The van der Waals surface area contributed by atoms with Gasteiger partial charge in [-0.3, -0.25) is 0 Å². The molecule has 0 aliphatic carbocycles. The molecule has 0 saturated heterocycles. The lowest BCUT2D eigenvalue weighted by Gasteiger charge is -1.98. The summed E-state index contributed by atoms with van der Waals surface area (Å²) in [6.07, 6.45) is 1.94. The van der Waals surface area contributed by atoms with Gasteiger partial charge in [-0.2, -0.15) is 0 Å². The van der Waals surface area contributed by atoms with Crippen molar-refractivity contribution in [3.05, 3.63) is 0 Å². The molecule has 1 aromatic heterocycles. The van der Waals surface area contributed by atoms with Gasteiger partial charge in [0.25, 0.3) is 0 Å². The zero-order valence-electron chi connectivity index (χ0n) is 6.27. The van der Waals surface area contributed by atoms with Crippen LogP contribution < -0.4 is 11.5 Å².